The minimum atomic E-state index is -0.444. The molecule has 0 aliphatic rings. The lowest BCUT2D eigenvalue weighted by molar-refractivity contribution is 0.0599. The normalized spacial score (nSPS) is 10.4. The first kappa shape index (κ1) is 13.0. The minimum absolute atomic E-state index is 0.378. The summed E-state index contributed by atoms with van der Waals surface area (Å²) >= 11 is 12.0. The summed E-state index contributed by atoms with van der Waals surface area (Å²) in [7, 11) is 1.32. The largest absolute Gasteiger partial charge is 0.465 e. The summed E-state index contributed by atoms with van der Waals surface area (Å²) in [5.41, 5.74) is 1.02. The summed E-state index contributed by atoms with van der Waals surface area (Å²) in [4.78, 5) is 11.5. The third-order valence-electron chi connectivity index (χ3n) is 2.52. The first-order chi connectivity index (χ1) is 8.52. The highest BCUT2D eigenvalue weighted by molar-refractivity contribution is 6.35. The molecule has 5 heteroatoms. The lowest BCUT2D eigenvalue weighted by Gasteiger charge is -2.00. The fraction of sp³-hybridized carbons (Fsp3) is 0.154. The van der Waals surface area contributed by atoms with E-state index in [-0.39, 0.29) is 0 Å². The standard InChI is InChI=1S/C13H10Cl2O3/c1-7-9(13(16)17-2)6-12(18-7)10-5-8(14)3-4-11(10)15/h3-6H,1-2H3. The summed E-state index contributed by atoms with van der Waals surface area (Å²) in [6, 6.07) is 6.64. The monoisotopic (exact) mass is 284 g/mol. The molecule has 0 aliphatic heterocycles. The number of carbonyl (C=O) groups is 1. The molecule has 0 aliphatic carbocycles. The molecule has 0 radical (unpaired) electrons. The first-order valence-electron chi connectivity index (χ1n) is 5.17. The molecule has 0 fully saturated rings. The van der Waals surface area contributed by atoms with Gasteiger partial charge in [-0.2, -0.15) is 0 Å². The second kappa shape index (κ2) is 5.04. The Morgan fingerprint density at radius 3 is 2.67 bits per heavy atom. The van der Waals surface area contributed by atoms with Crippen LogP contribution in [0, 0.1) is 6.92 Å². The van der Waals surface area contributed by atoms with Crippen molar-refractivity contribution in [2.75, 3.05) is 7.11 Å². The number of esters is 1. The van der Waals surface area contributed by atoms with E-state index in [9.17, 15) is 4.79 Å². The SMILES string of the molecule is COC(=O)c1cc(-c2cc(Cl)ccc2Cl)oc1C. The van der Waals surface area contributed by atoms with Gasteiger partial charge < -0.3 is 9.15 Å². The molecule has 94 valence electrons. The van der Waals surface area contributed by atoms with E-state index >= 15 is 0 Å². The van der Waals surface area contributed by atoms with Crippen molar-refractivity contribution in [3.63, 3.8) is 0 Å². The molecule has 0 spiro atoms. The van der Waals surface area contributed by atoms with E-state index < -0.39 is 5.97 Å². The maximum Gasteiger partial charge on any atom is 0.341 e. The summed E-state index contributed by atoms with van der Waals surface area (Å²) in [5.74, 6) is 0.522. The van der Waals surface area contributed by atoms with Crippen LogP contribution in [0.5, 0.6) is 0 Å². The predicted octanol–water partition coefficient (Wildman–Crippen LogP) is 4.35. The second-order valence-corrected chi connectivity index (χ2v) is 4.54. The highest BCUT2D eigenvalue weighted by Crippen LogP contribution is 2.33. The molecule has 0 saturated carbocycles. The maximum absolute atomic E-state index is 11.5. The molecule has 2 aromatic rings. The van der Waals surface area contributed by atoms with Crippen molar-refractivity contribution < 1.29 is 13.9 Å². The number of aryl methyl sites for hydroxylation is 1. The molecule has 1 heterocycles. The Morgan fingerprint density at radius 2 is 2.00 bits per heavy atom. The highest BCUT2D eigenvalue weighted by Gasteiger charge is 2.17. The number of carbonyl (C=O) groups excluding carboxylic acids is 1. The van der Waals surface area contributed by atoms with Gasteiger partial charge in [-0.05, 0) is 31.2 Å². The van der Waals surface area contributed by atoms with Crippen LogP contribution < -0.4 is 0 Å². The first-order valence-corrected chi connectivity index (χ1v) is 5.92. The van der Waals surface area contributed by atoms with Gasteiger partial charge in [-0.25, -0.2) is 4.79 Å². The van der Waals surface area contributed by atoms with Gasteiger partial charge >= 0.3 is 5.97 Å². The third kappa shape index (κ3) is 2.37. The molecule has 0 amide bonds. The summed E-state index contributed by atoms with van der Waals surface area (Å²) in [6.07, 6.45) is 0. The number of furan rings is 1. The average Bonchev–Trinajstić information content (AvgIpc) is 2.73. The van der Waals surface area contributed by atoms with E-state index in [4.69, 9.17) is 27.6 Å². The van der Waals surface area contributed by atoms with Gasteiger partial charge in [-0.3, -0.25) is 0 Å². The van der Waals surface area contributed by atoms with Gasteiger partial charge in [0.2, 0.25) is 0 Å². The van der Waals surface area contributed by atoms with Crippen LogP contribution in [0.3, 0.4) is 0 Å². The summed E-state index contributed by atoms with van der Waals surface area (Å²) < 4.78 is 10.2. The summed E-state index contributed by atoms with van der Waals surface area (Å²) in [5, 5.41) is 1.05. The molecule has 0 unspecified atom stereocenters. The Kier molecular flexibility index (Phi) is 3.64. The highest BCUT2D eigenvalue weighted by atomic mass is 35.5. The lowest BCUT2D eigenvalue weighted by atomic mass is 10.1. The van der Waals surface area contributed by atoms with Crippen molar-refractivity contribution >= 4 is 29.2 Å². The molecule has 0 N–H and O–H groups in total. The Labute approximate surface area is 114 Å². The predicted molar refractivity (Wildman–Crippen MR) is 70.2 cm³/mol. The van der Waals surface area contributed by atoms with Gasteiger partial charge in [0, 0.05) is 10.6 Å². The van der Waals surface area contributed by atoms with Crippen molar-refractivity contribution in [3.05, 3.63) is 45.6 Å². The van der Waals surface area contributed by atoms with Crippen molar-refractivity contribution in [2.45, 2.75) is 6.92 Å². The van der Waals surface area contributed by atoms with Crippen LogP contribution in [-0.4, -0.2) is 13.1 Å². The maximum atomic E-state index is 11.5. The van der Waals surface area contributed by atoms with Gasteiger partial charge in [0.15, 0.2) is 0 Å². The molecule has 0 saturated heterocycles. The van der Waals surface area contributed by atoms with E-state index in [1.165, 1.54) is 7.11 Å². The van der Waals surface area contributed by atoms with Crippen LogP contribution >= 0.6 is 23.2 Å². The van der Waals surface area contributed by atoms with E-state index in [1.807, 2.05) is 0 Å². The van der Waals surface area contributed by atoms with Crippen molar-refractivity contribution in [1.82, 2.24) is 0 Å². The molecule has 0 bridgehead atoms. The van der Waals surface area contributed by atoms with Crippen molar-refractivity contribution in [2.24, 2.45) is 0 Å². The number of ether oxygens (including phenoxy) is 1. The molecule has 18 heavy (non-hydrogen) atoms. The molecule has 0 atom stereocenters. The molecule has 2 rings (SSSR count). The second-order valence-electron chi connectivity index (χ2n) is 3.70. The van der Waals surface area contributed by atoms with Crippen molar-refractivity contribution in [1.29, 1.82) is 0 Å². The van der Waals surface area contributed by atoms with Crippen LogP contribution in [0.2, 0.25) is 10.0 Å². The quantitative estimate of drug-likeness (QED) is 0.770. The van der Waals surface area contributed by atoms with Gasteiger partial charge in [-0.15, -0.1) is 0 Å². The molecule has 1 aromatic carbocycles. The number of methoxy groups -OCH3 is 1. The Bertz CT molecular complexity index is 602. The van der Waals surface area contributed by atoms with Gasteiger partial charge in [-0.1, -0.05) is 23.2 Å². The van der Waals surface area contributed by atoms with Crippen LogP contribution in [-0.2, 0) is 4.74 Å². The summed E-state index contributed by atoms with van der Waals surface area (Å²) in [6.45, 7) is 1.69. The average molecular weight is 285 g/mol. The van der Waals surface area contributed by atoms with Gasteiger partial charge in [0.25, 0.3) is 0 Å². The molecular weight excluding hydrogens is 275 g/mol. The minimum Gasteiger partial charge on any atom is -0.465 e. The Balaban J connectivity index is 2.52. The zero-order valence-electron chi connectivity index (χ0n) is 9.79. The van der Waals surface area contributed by atoms with E-state index in [2.05, 4.69) is 4.74 Å². The Morgan fingerprint density at radius 1 is 1.28 bits per heavy atom. The number of halogens is 2. The van der Waals surface area contributed by atoms with E-state index in [0.717, 1.165) is 0 Å². The van der Waals surface area contributed by atoms with Crippen LogP contribution in [0.1, 0.15) is 16.1 Å². The van der Waals surface area contributed by atoms with Crippen LogP contribution in [0.25, 0.3) is 11.3 Å². The number of hydrogen-bond acceptors (Lipinski definition) is 3. The van der Waals surface area contributed by atoms with Crippen LogP contribution in [0.15, 0.2) is 28.7 Å². The van der Waals surface area contributed by atoms with Crippen LogP contribution in [0.4, 0.5) is 0 Å². The molecule has 3 nitrogen and oxygen atoms in total. The number of hydrogen-bond donors (Lipinski definition) is 0. The van der Waals surface area contributed by atoms with E-state index in [1.54, 1.807) is 31.2 Å². The zero-order chi connectivity index (χ0) is 13.3. The molecular formula is C13H10Cl2O3. The van der Waals surface area contributed by atoms with E-state index in [0.29, 0.717) is 32.7 Å². The number of benzene rings is 1. The molecule has 1 aromatic heterocycles. The third-order valence-corrected chi connectivity index (χ3v) is 3.08. The van der Waals surface area contributed by atoms with Gasteiger partial charge in [0.05, 0.1) is 12.1 Å². The topological polar surface area (TPSA) is 39.4 Å². The fourth-order valence-corrected chi connectivity index (χ4v) is 2.00. The Hall–Kier alpha value is -1.45. The lowest BCUT2D eigenvalue weighted by Crippen LogP contribution is -2.00. The fourth-order valence-electron chi connectivity index (χ4n) is 1.61. The van der Waals surface area contributed by atoms with Gasteiger partial charge in [0.1, 0.15) is 17.1 Å². The smallest absolute Gasteiger partial charge is 0.341 e. The van der Waals surface area contributed by atoms with Crippen molar-refractivity contribution in [3.8, 4) is 11.3 Å². The zero-order valence-corrected chi connectivity index (χ0v) is 11.3. The number of rotatable bonds is 2.